The van der Waals surface area contributed by atoms with Crippen molar-refractivity contribution in [2.45, 2.75) is 12.5 Å². The summed E-state index contributed by atoms with van der Waals surface area (Å²) in [6, 6.07) is 7.25. The van der Waals surface area contributed by atoms with E-state index in [1.54, 1.807) is 37.4 Å². The first-order chi connectivity index (χ1) is 13.5. The second-order valence-corrected chi connectivity index (χ2v) is 7.06. The Labute approximate surface area is 172 Å². The van der Waals surface area contributed by atoms with Crippen LogP contribution in [0.15, 0.2) is 48.3 Å². The topological polar surface area (TPSA) is 79.7 Å². The minimum Gasteiger partial charge on any atom is -0.507 e. The number of ether oxygens (including phenoxy) is 1. The number of aliphatic hydroxyl groups is 1. The predicted molar refractivity (Wildman–Crippen MR) is 106 cm³/mol. The first-order valence-electron chi connectivity index (χ1n) is 8.58. The van der Waals surface area contributed by atoms with Crippen LogP contribution in [-0.4, -0.2) is 46.9 Å². The number of aliphatic hydroxyl groups excluding tert-OH is 1. The highest BCUT2D eigenvalue weighted by molar-refractivity contribution is 6.46. The molecule has 1 aromatic carbocycles. The van der Waals surface area contributed by atoms with Crippen molar-refractivity contribution in [2.24, 2.45) is 0 Å². The molecule has 0 saturated carbocycles. The number of rotatable bonds is 6. The van der Waals surface area contributed by atoms with Crippen molar-refractivity contribution in [2.75, 3.05) is 20.3 Å². The summed E-state index contributed by atoms with van der Waals surface area (Å²) in [5.74, 6) is -1.68. The van der Waals surface area contributed by atoms with Crippen molar-refractivity contribution in [1.29, 1.82) is 0 Å². The number of Topliss-reactive ketones (excluding diaryl/α,β-unsaturated/α-hetero) is 1. The molecule has 1 amide bonds. The van der Waals surface area contributed by atoms with Gasteiger partial charge in [0.15, 0.2) is 0 Å². The van der Waals surface area contributed by atoms with Crippen LogP contribution >= 0.6 is 23.2 Å². The van der Waals surface area contributed by atoms with Gasteiger partial charge in [0.05, 0.1) is 21.7 Å². The first-order valence-corrected chi connectivity index (χ1v) is 9.34. The molecule has 0 bridgehead atoms. The van der Waals surface area contributed by atoms with Crippen molar-refractivity contribution in [1.82, 2.24) is 9.88 Å². The van der Waals surface area contributed by atoms with E-state index in [0.717, 1.165) is 0 Å². The number of pyridine rings is 1. The summed E-state index contributed by atoms with van der Waals surface area (Å²) in [6.07, 6.45) is 3.53. The van der Waals surface area contributed by atoms with E-state index in [0.29, 0.717) is 34.2 Å². The van der Waals surface area contributed by atoms with Crippen molar-refractivity contribution >= 4 is 40.7 Å². The molecule has 1 aliphatic rings. The molecule has 1 atom stereocenters. The quantitative estimate of drug-likeness (QED) is 0.332. The Morgan fingerprint density at radius 3 is 2.54 bits per heavy atom. The van der Waals surface area contributed by atoms with Crippen molar-refractivity contribution in [3.63, 3.8) is 0 Å². The van der Waals surface area contributed by atoms with Crippen LogP contribution in [0.4, 0.5) is 0 Å². The molecule has 8 heteroatoms. The molecule has 1 N–H and O–H groups in total. The minimum absolute atomic E-state index is 0.00649. The summed E-state index contributed by atoms with van der Waals surface area (Å²) in [4.78, 5) is 30.8. The second-order valence-electron chi connectivity index (χ2n) is 6.25. The summed E-state index contributed by atoms with van der Waals surface area (Å²) in [5.41, 5.74) is 0.989. The van der Waals surface area contributed by atoms with Crippen LogP contribution in [-0.2, 0) is 14.3 Å². The Hall–Kier alpha value is -2.41. The maximum absolute atomic E-state index is 12.8. The second kappa shape index (κ2) is 8.73. The zero-order valence-corrected chi connectivity index (χ0v) is 16.6. The van der Waals surface area contributed by atoms with Gasteiger partial charge in [0, 0.05) is 38.2 Å². The average Bonchev–Trinajstić information content (AvgIpc) is 2.95. The first kappa shape index (κ1) is 20.3. The smallest absolute Gasteiger partial charge is 0.295 e. The summed E-state index contributed by atoms with van der Waals surface area (Å²) in [7, 11) is 1.56. The maximum Gasteiger partial charge on any atom is 0.295 e. The standard InChI is InChI=1S/C20H18Cl2N2O4/c1-28-10-2-9-24-17(13-3-4-14(21)15(22)11-13)16(19(26)20(24)27)18(25)12-5-7-23-8-6-12/h3-8,11,17,25H,2,9-10H2,1H3/b18-16+. The number of hydrogen-bond donors (Lipinski definition) is 1. The van der Waals surface area contributed by atoms with Gasteiger partial charge >= 0.3 is 0 Å². The summed E-state index contributed by atoms with van der Waals surface area (Å²) >= 11 is 12.2. The van der Waals surface area contributed by atoms with Gasteiger partial charge < -0.3 is 14.7 Å². The van der Waals surface area contributed by atoms with Gasteiger partial charge in [-0.25, -0.2) is 0 Å². The monoisotopic (exact) mass is 420 g/mol. The molecule has 0 radical (unpaired) electrons. The molecule has 3 rings (SSSR count). The van der Waals surface area contributed by atoms with Crippen LogP contribution < -0.4 is 0 Å². The van der Waals surface area contributed by atoms with Crippen LogP contribution in [0.2, 0.25) is 10.0 Å². The summed E-state index contributed by atoms with van der Waals surface area (Å²) in [5, 5.41) is 11.5. The zero-order chi connectivity index (χ0) is 20.3. The van der Waals surface area contributed by atoms with Gasteiger partial charge in [0.25, 0.3) is 11.7 Å². The Kier molecular flexibility index (Phi) is 6.34. The molecular formula is C20H18Cl2N2O4. The van der Waals surface area contributed by atoms with E-state index in [-0.39, 0.29) is 17.9 Å². The maximum atomic E-state index is 12.8. The van der Waals surface area contributed by atoms with E-state index in [2.05, 4.69) is 4.98 Å². The molecule has 0 aliphatic carbocycles. The highest BCUT2D eigenvalue weighted by atomic mass is 35.5. The Bertz CT molecular complexity index is 931. The third-order valence-electron chi connectivity index (χ3n) is 4.50. The number of carbonyl (C=O) groups excluding carboxylic acids is 2. The van der Waals surface area contributed by atoms with Gasteiger partial charge in [-0.3, -0.25) is 14.6 Å². The largest absolute Gasteiger partial charge is 0.507 e. The van der Waals surface area contributed by atoms with E-state index in [4.69, 9.17) is 27.9 Å². The number of aromatic nitrogens is 1. The zero-order valence-electron chi connectivity index (χ0n) is 15.1. The van der Waals surface area contributed by atoms with Gasteiger partial charge in [-0.05, 0) is 36.2 Å². The normalized spacial score (nSPS) is 18.7. The molecule has 28 heavy (non-hydrogen) atoms. The Morgan fingerprint density at radius 2 is 1.89 bits per heavy atom. The minimum atomic E-state index is -0.778. The molecule has 1 aliphatic heterocycles. The van der Waals surface area contributed by atoms with Gasteiger partial charge in [-0.2, -0.15) is 0 Å². The van der Waals surface area contributed by atoms with Gasteiger partial charge in [-0.15, -0.1) is 0 Å². The van der Waals surface area contributed by atoms with Crippen molar-refractivity contribution in [3.8, 4) is 0 Å². The molecule has 1 unspecified atom stereocenters. The average molecular weight is 421 g/mol. The fourth-order valence-corrected chi connectivity index (χ4v) is 3.49. The van der Waals surface area contributed by atoms with E-state index in [9.17, 15) is 14.7 Å². The third-order valence-corrected chi connectivity index (χ3v) is 5.24. The van der Waals surface area contributed by atoms with Gasteiger partial charge in [0.1, 0.15) is 5.76 Å². The molecule has 1 saturated heterocycles. The third kappa shape index (κ3) is 3.90. The van der Waals surface area contributed by atoms with Gasteiger partial charge in [-0.1, -0.05) is 29.3 Å². The summed E-state index contributed by atoms with van der Waals surface area (Å²) in [6.45, 7) is 0.720. The Balaban J connectivity index is 2.13. The molecule has 0 spiro atoms. The van der Waals surface area contributed by atoms with E-state index < -0.39 is 17.7 Å². The van der Waals surface area contributed by atoms with Crippen molar-refractivity contribution in [3.05, 3.63) is 69.5 Å². The SMILES string of the molecule is COCCCN1C(=O)C(=O)/C(=C(/O)c2ccncc2)C1c1ccc(Cl)c(Cl)c1. The van der Waals surface area contributed by atoms with E-state index >= 15 is 0 Å². The van der Waals surface area contributed by atoms with Crippen LogP contribution in [0.25, 0.3) is 5.76 Å². The molecule has 1 fully saturated rings. The lowest BCUT2D eigenvalue weighted by molar-refractivity contribution is -0.140. The number of carbonyl (C=O) groups is 2. The fraction of sp³-hybridized carbons (Fsp3) is 0.250. The van der Waals surface area contributed by atoms with Crippen LogP contribution in [0, 0.1) is 0 Å². The molecule has 2 heterocycles. The van der Waals surface area contributed by atoms with Crippen LogP contribution in [0.5, 0.6) is 0 Å². The number of hydrogen-bond acceptors (Lipinski definition) is 5. The van der Waals surface area contributed by atoms with E-state index in [1.807, 2.05) is 0 Å². The highest BCUT2D eigenvalue weighted by Crippen LogP contribution is 2.40. The number of amides is 1. The number of ketones is 1. The number of halogens is 2. The number of benzene rings is 1. The highest BCUT2D eigenvalue weighted by Gasteiger charge is 2.45. The fourth-order valence-electron chi connectivity index (χ4n) is 3.18. The molecule has 146 valence electrons. The number of likely N-dealkylation sites (tertiary alicyclic amines) is 1. The lowest BCUT2D eigenvalue weighted by Crippen LogP contribution is -2.31. The van der Waals surface area contributed by atoms with Crippen LogP contribution in [0.3, 0.4) is 0 Å². The number of nitrogens with zero attached hydrogens (tertiary/aromatic N) is 2. The molecule has 1 aromatic heterocycles. The molecular weight excluding hydrogens is 403 g/mol. The summed E-state index contributed by atoms with van der Waals surface area (Å²) < 4.78 is 5.05. The predicted octanol–water partition coefficient (Wildman–Crippen LogP) is 3.85. The molecule has 2 aromatic rings. The van der Waals surface area contributed by atoms with Gasteiger partial charge in [0.2, 0.25) is 0 Å². The lowest BCUT2D eigenvalue weighted by atomic mass is 9.95. The lowest BCUT2D eigenvalue weighted by Gasteiger charge is -2.25. The number of methoxy groups -OCH3 is 1. The Morgan fingerprint density at radius 1 is 1.18 bits per heavy atom. The van der Waals surface area contributed by atoms with Crippen molar-refractivity contribution < 1.29 is 19.4 Å². The molecule has 6 nitrogen and oxygen atoms in total. The van der Waals surface area contributed by atoms with E-state index in [1.165, 1.54) is 17.3 Å². The van der Waals surface area contributed by atoms with Crippen LogP contribution in [0.1, 0.15) is 23.6 Å².